The van der Waals surface area contributed by atoms with Crippen molar-refractivity contribution in [2.75, 3.05) is 0 Å². The van der Waals surface area contributed by atoms with E-state index in [1.165, 1.54) is 21.9 Å². The molecular formula is C36H32NO2P. The van der Waals surface area contributed by atoms with Crippen LogP contribution in [0.2, 0.25) is 0 Å². The van der Waals surface area contributed by atoms with Gasteiger partial charge in [0.25, 0.3) is 0 Å². The van der Waals surface area contributed by atoms with Crippen LogP contribution >= 0.6 is 8.53 Å². The maximum absolute atomic E-state index is 6.85. The first-order chi connectivity index (χ1) is 19.7. The second-order valence-corrected chi connectivity index (χ2v) is 11.3. The summed E-state index contributed by atoms with van der Waals surface area (Å²) in [7, 11) is -1.58. The van der Waals surface area contributed by atoms with Crippen LogP contribution in [0.5, 0.6) is 11.5 Å². The van der Waals surface area contributed by atoms with E-state index < -0.39 is 8.53 Å². The molecule has 2 atom stereocenters. The number of fused-ring (bicyclic) bond motifs is 2. The second kappa shape index (κ2) is 11.9. The van der Waals surface area contributed by atoms with Crippen molar-refractivity contribution in [3.05, 3.63) is 157 Å². The number of rotatable bonds is 9. The Bertz CT molecular complexity index is 1580. The fourth-order valence-electron chi connectivity index (χ4n) is 5.13. The maximum atomic E-state index is 6.85. The zero-order valence-electron chi connectivity index (χ0n) is 22.7. The van der Waals surface area contributed by atoms with Crippen LogP contribution in [0.1, 0.15) is 37.1 Å². The monoisotopic (exact) mass is 541 g/mol. The highest BCUT2D eigenvalue weighted by atomic mass is 31.2. The van der Waals surface area contributed by atoms with Crippen molar-refractivity contribution in [2.24, 2.45) is 0 Å². The lowest BCUT2D eigenvalue weighted by Gasteiger charge is -2.38. The summed E-state index contributed by atoms with van der Waals surface area (Å²) < 4.78 is 16.1. The van der Waals surface area contributed by atoms with Crippen LogP contribution in [0.25, 0.3) is 21.5 Å². The first-order valence-electron chi connectivity index (χ1n) is 13.7. The topological polar surface area (TPSA) is 21.7 Å². The molecule has 0 saturated heterocycles. The number of nitrogens with zero attached hydrogens (tertiary/aromatic N) is 1. The second-order valence-electron chi connectivity index (χ2n) is 9.99. The molecule has 6 aromatic rings. The van der Waals surface area contributed by atoms with Gasteiger partial charge in [-0.3, -0.25) is 0 Å². The molecule has 0 aromatic heterocycles. The Labute approximate surface area is 237 Å². The fourth-order valence-corrected chi connectivity index (χ4v) is 6.77. The van der Waals surface area contributed by atoms with Gasteiger partial charge in [0.05, 0.1) is 0 Å². The molecule has 0 saturated carbocycles. The van der Waals surface area contributed by atoms with Gasteiger partial charge in [0.1, 0.15) is 11.5 Å². The average molecular weight is 542 g/mol. The molecule has 0 radical (unpaired) electrons. The lowest BCUT2D eigenvalue weighted by atomic mass is 10.0. The normalized spacial score (nSPS) is 13.0. The van der Waals surface area contributed by atoms with E-state index in [0.717, 1.165) is 22.3 Å². The quantitative estimate of drug-likeness (QED) is 0.170. The number of benzene rings is 6. The summed E-state index contributed by atoms with van der Waals surface area (Å²) in [5, 5.41) is 4.64. The highest BCUT2D eigenvalue weighted by Crippen LogP contribution is 2.53. The van der Waals surface area contributed by atoms with E-state index in [1.807, 2.05) is 12.1 Å². The summed E-state index contributed by atoms with van der Waals surface area (Å²) in [6.45, 7) is 4.47. The molecule has 0 spiro atoms. The van der Waals surface area contributed by atoms with E-state index in [9.17, 15) is 0 Å². The van der Waals surface area contributed by atoms with Crippen molar-refractivity contribution in [1.82, 2.24) is 4.67 Å². The molecule has 0 heterocycles. The van der Waals surface area contributed by atoms with E-state index in [4.69, 9.17) is 9.05 Å². The summed E-state index contributed by atoms with van der Waals surface area (Å²) in [4.78, 5) is 0. The first kappa shape index (κ1) is 26.1. The van der Waals surface area contributed by atoms with E-state index in [0.29, 0.717) is 0 Å². The van der Waals surface area contributed by atoms with Gasteiger partial charge in [0.2, 0.25) is 0 Å². The highest BCUT2D eigenvalue weighted by molar-refractivity contribution is 7.45. The van der Waals surface area contributed by atoms with Gasteiger partial charge < -0.3 is 9.05 Å². The van der Waals surface area contributed by atoms with Crippen LogP contribution < -0.4 is 9.05 Å². The lowest BCUT2D eigenvalue weighted by molar-refractivity contribution is 0.247. The van der Waals surface area contributed by atoms with E-state index in [2.05, 4.69) is 152 Å². The molecule has 40 heavy (non-hydrogen) atoms. The van der Waals surface area contributed by atoms with Gasteiger partial charge in [-0.25, -0.2) is 4.67 Å². The van der Waals surface area contributed by atoms with Gasteiger partial charge in [-0.1, -0.05) is 121 Å². The van der Waals surface area contributed by atoms with Crippen LogP contribution in [0.3, 0.4) is 0 Å². The van der Waals surface area contributed by atoms with Gasteiger partial charge in [0, 0.05) is 12.1 Å². The van der Waals surface area contributed by atoms with E-state index in [-0.39, 0.29) is 12.1 Å². The lowest BCUT2D eigenvalue weighted by Crippen LogP contribution is -2.29. The minimum Gasteiger partial charge on any atom is -0.427 e. The minimum atomic E-state index is -1.58. The van der Waals surface area contributed by atoms with Gasteiger partial charge in [0.15, 0.2) is 0 Å². The summed E-state index contributed by atoms with van der Waals surface area (Å²) in [5.41, 5.74) is 2.42. The standard InChI is InChI=1S/C36H32NO2P/c1-27(29-13-5-3-6-14-29)37(28(2)30-15-7-4-8-16-30)40(38-35-23-21-31-17-9-11-19-33(31)25-35)39-36-24-22-32-18-10-12-20-34(32)26-36/h3-28H,1-2H3. The maximum Gasteiger partial charge on any atom is 0.385 e. The summed E-state index contributed by atoms with van der Waals surface area (Å²) in [5.74, 6) is 1.58. The van der Waals surface area contributed by atoms with E-state index >= 15 is 0 Å². The molecule has 6 rings (SSSR count). The molecule has 6 aromatic carbocycles. The average Bonchev–Trinajstić information content (AvgIpc) is 3.01. The Morgan fingerprint density at radius 3 is 1.25 bits per heavy atom. The zero-order valence-corrected chi connectivity index (χ0v) is 23.6. The first-order valence-corrected chi connectivity index (χ1v) is 14.8. The molecule has 0 aliphatic carbocycles. The van der Waals surface area contributed by atoms with Crippen LogP contribution in [0.4, 0.5) is 0 Å². The number of hydrogen-bond acceptors (Lipinski definition) is 3. The van der Waals surface area contributed by atoms with E-state index in [1.54, 1.807) is 0 Å². The Kier molecular flexibility index (Phi) is 7.77. The molecule has 4 heteroatoms. The van der Waals surface area contributed by atoms with Gasteiger partial charge >= 0.3 is 8.53 Å². The van der Waals surface area contributed by atoms with Gasteiger partial charge in [-0.15, -0.1) is 0 Å². The Morgan fingerprint density at radius 1 is 0.450 bits per heavy atom. The molecule has 2 unspecified atom stereocenters. The predicted octanol–water partition coefficient (Wildman–Crippen LogP) is 10.5. The summed E-state index contributed by atoms with van der Waals surface area (Å²) in [6, 6.07) is 50.5. The smallest absolute Gasteiger partial charge is 0.385 e. The third-order valence-corrected chi connectivity index (χ3v) is 9.16. The summed E-state index contributed by atoms with van der Waals surface area (Å²) >= 11 is 0. The molecule has 0 aliphatic rings. The van der Waals surface area contributed by atoms with Crippen LogP contribution in [-0.4, -0.2) is 4.67 Å². The van der Waals surface area contributed by atoms with Gasteiger partial charge in [-0.2, -0.15) is 0 Å². The van der Waals surface area contributed by atoms with Crippen molar-refractivity contribution in [2.45, 2.75) is 25.9 Å². The van der Waals surface area contributed by atoms with Crippen molar-refractivity contribution >= 4 is 30.1 Å². The van der Waals surface area contributed by atoms with Crippen LogP contribution in [0.15, 0.2) is 146 Å². The number of hydrogen-bond donors (Lipinski definition) is 0. The Balaban J connectivity index is 1.44. The highest BCUT2D eigenvalue weighted by Gasteiger charge is 2.35. The van der Waals surface area contributed by atoms with Crippen LogP contribution in [-0.2, 0) is 0 Å². The third-order valence-electron chi connectivity index (χ3n) is 7.36. The fraction of sp³-hybridized carbons (Fsp3) is 0.111. The molecule has 3 nitrogen and oxygen atoms in total. The SMILES string of the molecule is CC(c1ccccc1)N(C(C)c1ccccc1)P(Oc1ccc2ccccc2c1)Oc1ccc2ccccc2c1. The molecular weight excluding hydrogens is 509 g/mol. The Morgan fingerprint density at radius 2 is 0.825 bits per heavy atom. The molecule has 198 valence electrons. The van der Waals surface area contributed by atoms with Gasteiger partial charge in [-0.05, 0) is 70.8 Å². The largest absolute Gasteiger partial charge is 0.427 e. The summed E-state index contributed by atoms with van der Waals surface area (Å²) in [6.07, 6.45) is 0. The Hall–Kier alpha value is -4.17. The molecule has 0 N–H and O–H groups in total. The van der Waals surface area contributed by atoms with Crippen molar-refractivity contribution in [1.29, 1.82) is 0 Å². The van der Waals surface area contributed by atoms with Crippen LogP contribution in [0, 0.1) is 0 Å². The zero-order chi connectivity index (χ0) is 27.3. The third kappa shape index (κ3) is 5.72. The molecule has 0 fully saturated rings. The minimum absolute atomic E-state index is 0.0310. The molecule has 0 amide bonds. The van der Waals surface area contributed by atoms with Crippen molar-refractivity contribution in [3.8, 4) is 11.5 Å². The molecule has 0 aliphatic heterocycles. The molecule has 0 bridgehead atoms. The van der Waals surface area contributed by atoms with Crippen molar-refractivity contribution in [3.63, 3.8) is 0 Å². The van der Waals surface area contributed by atoms with Crippen molar-refractivity contribution < 1.29 is 9.05 Å². The predicted molar refractivity (Wildman–Crippen MR) is 168 cm³/mol.